The standard InChI is InChI=1S/C10H20O/c1-2-3-4-7-10-8-5-6-9-11-10/h10H,2-9H2,1H3/t10-/m1/s1. The molecule has 0 N–H and O–H groups in total. The van der Waals surface area contributed by atoms with Crippen LogP contribution in [0.1, 0.15) is 51.9 Å². The van der Waals surface area contributed by atoms with Crippen molar-refractivity contribution in [3.05, 3.63) is 0 Å². The van der Waals surface area contributed by atoms with Crippen LogP contribution in [0.15, 0.2) is 0 Å². The zero-order valence-electron chi connectivity index (χ0n) is 7.64. The minimum Gasteiger partial charge on any atom is -0.378 e. The second-order valence-corrected chi connectivity index (χ2v) is 3.48. The van der Waals surface area contributed by atoms with Gasteiger partial charge in [-0.3, -0.25) is 0 Å². The van der Waals surface area contributed by atoms with Gasteiger partial charge in [0.25, 0.3) is 0 Å². The Labute approximate surface area is 70.1 Å². The lowest BCUT2D eigenvalue weighted by Crippen LogP contribution is -2.18. The summed E-state index contributed by atoms with van der Waals surface area (Å²) in [5.41, 5.74) is 0. The Balaban J connectivity index is 1.96. The Kier molecular flexibility index (Phi) is 4.60. The predicted octanol–water partition coefficient (Wildman–Crippen LogP) is 3.14. The molecular formula is C10H20O. The fourth-order valence-corrected chi connectivity index (χ4v) is 1.66. The lowest BCUT2D eigenvalue weighted by molar-refractivity contribution is 0.00984. The SMILES string of the molecule is CCCCC[C@@H]1CCCCO1. The van der Waals surface area contributed by atoms with Gasteiger partial charge in [-0.1, -0.05) is 26.2 Å². The molecule has 1 heteroatoms. The molecule has 0 amide bonds. The molecule has 0 aromatic rings. The maximum absolute atomic E-state index is 5.62. The van der Waals surface area contributed by atoms with E-state index in [1.807, 2.05) is 0 Å². The molecule has 0 aromatic heterocycles. The van der Waals surface area contributed by atoms with Gasteiger partial charge in [-0.15, -0.1) is 0 Å². The first kappa shape index (κ1) is 9.05. The first-order valence-electron chi connectivity index (χ1n) is 5.05. The molecule has 0 saturated carbocycles. The van der Waals surface area contributed by atoms with E-state index in [0.717, 1.165) is 6.61 Å². The number of hydrogen-bond acceptors (Lipinski definition) is 1. The van der Waals surface area contributed by atoms with E-state index in [1.165, 1.54) is 44.9 Å². The molecule has 1 aliphatic heterocycles. The Hall–Kier alpha value is -0.0400. The summed E-state index contributed by atoms with van der Waals surface area (Å²) >= 11 is 0. The number of unbranched alkanes of at least 4 members (excludes halogenated alkanes) is 2. The van der Waals surface area contributed by atoms with Gasteiger partial charge in [-0.05, 0) is 25.7 Å². The monoisotopic (exact) mass is 156 g/mol. The van der Waals surface area contributed by atoms with Crippen molar-refractivity contribution in [2.24, 2.45) is 0 Å². The number of ether oxygens (including phenoxy) is 1. The number of rotatable bonds is 4. The first-order chi connectivity index (χ1) is 5.43. The molecule has 1 fully saturated rings. The molecule has 1 atom stereocenters. The third kappa shape index (κ3) is 3.76. The van der Waals surface area contributed by atoms with Crippen LogP contribution in [0.2, 0.25) is 0 Å². The van der Waals surface area contributed by atoms with Gasteiger partial charge in [0.2, 0.25) is 0 Å². The Morgan fingerprint density at radius 2 is 2.18 bits per heavy atom. The molecule has 0 bridgehead atoms. The van der Waals surface area contributed by atoms with E-state index in [4.69, 9.17) is 4.74 Å². The summed E-state index contributed by atoms with van der Waals surface area (Å²) < 4.78 is 5.62. The average Bonchev–Trinajstić information content (AvgIpc) is 2.07. The summed E-state index contributed by atoms with van der Waals surface area (Å²) in [6.07, 6.45) is 9.95. The van der Waals surface area contributed by atoms with E-state index in [9.17, 15) is 0 Å². The van der Waals surface area contributed by atoms with E-state index in [2.05, 4.69) is 6.92 Å². The second kappa shape index (κ2) is 5.59. The van der Waals surface area contributed by atoms with Crippen molar-refractivity contribution in [2.75, 3.05) is 6.61 Å². The fourth-order valence-electron chi connectivity index (χ4n) is 1.66. The van der Waals surface area contributed by atoms with Crippen molar-refractivity contribution in [2.45, 2.75) is 58.0 Å². The molecule has 0 unspecified atom stereocenters. The molecule has 1 nitrogen and oxygen atoms in total. The first-order valence-corrected chi connectivity index (χ1v) is 5.05. The molecule has 0 radical (unpaired) electrons. The maximum atomic E-state index is 5.62. The molecule has 0 aliphatic carbocycles. The molecule has 0 spiro atoms. The molecule has 66 valence electrons. The third-order valence-corrected chi connectivity index (χ3v) is 2.40. The smallest absolute Gasteiger partial charge is 0.0575 e. The molecule has 0 aromatic carbocycles. The van der Waals surface area contributed by atoms with Crippen LogP contribution in [-0.4, -0.2) is 12.7 Å². The fraction of sp³-hybridized carbons (Fsp3) is 1.00. The molecule has 1 rings (SSSR count). The third-order valence-electron chi connectivity index (χ3n) is 2.40. The van der Waals surface area contributed by atoms with Gasteiger partial charge in [0.1, 0.15) is 0 Å². The van der Waals surface area contributed by atoms with E-state index in [1.54, 1.807) is 0 Å². The Morgan fingerprint density at radius 1 is 1.27 bits per heavy atom. The topological polar surface area (TPSA) is 9.23 Å². The molecule has 1 heterocycles. The van der Waals surface area contributed by atoms with Crippen molar-refractivity contribution in [3.8, 4) is 0 Å². The zero-order valence-corrected chi connectivity index (χ0v) is 7.64. The van der Waals surface area contributed by atoms with Crippen molar-refractivity contribution < 1.29 is 4.74 Å². The highest BCUT2D eigenvalue weighted by atomic mass is 16.5. The van der Waals surface area contributed by atoms with E-state index < -0.39 is 0 Å². The average molecular weight is 156 g/mol. The van der Waals surface area contributed by atoms with Crippen LogP contribution in [0.3, 0.4) is 0 Å². The van der Waals surface area contributed by atoms with Gasteiger partial charge in [0, 0.05) is 6.61 Å². The summed E-state index contributed by atoms with van der Waals surface area (Å²) in [4.78, 5) is 0. The van der Waals surface area contributed by atoms with Crippen LogP contribution >= 0.6 is 0 Å². The van der Waals surface area contributed by atoms with E-state index >= 15 is 0 Å². The minimum absolute atomic E-state index is 0.607. The quantitative estimate of drug-likeness (QED) is 0.568. The van der Waals surface area contributed by atoms with Crippen molar-refractivity contribution >= 4 is 0 Å². The molecular weight excluding hydrogens is 136 g/mol. The normalized spacial score (nSPS) is 25.4. The van der Waals surface area contributed by atoms with Gasteiger partial charge in [-0.25, -0.2) is 0 Å². The van der Waals surface area contributed by atoms with Gasteiger partial charge >= 0.3 is 0 Å². The summed E-state index contributed by atoms with van der Waals surface area (Å²) in [6.45, 7) is 3.26. The summed E-state index contributed by atoms with van der Waals surface area (Å²) in [6, 6.07) is 0. The second-order valence-electron chi connectivity index (χ2n) is 3.48. The van der Waals surface area contributed by atoms with Crippen LogP contribution in [0.4, 0.5) is 0 Å². The van der Waals surface area contributed by atoms with E-state index in [-0.39, 0.29) is 0 Å². The van der Waals surface area contributed by atoms with Crippen molar-refractivity contribution in [1.29, 1.82) is 0 Å². The Bertz CT molecular complexity index is 84.9. The van der Waals surface area contributed by atoms with Crippen molar-refractivity contribution in [3.63, 3.8) is 0 Å². The largest absolute Gasteiger partial charge is 0.378 e. The van der Waals surface area contributed by atoms with Gasteiger partial charge in [0.15, 0.2) is 0 Å². The van der Waals surface area contributed by atoms with Gasteiger partial charge < -0.3 is 4.74 Å². The van der Waals surface area contributed by atoms with E-state index in [0.29, 0.717) is 6.10 Å². The molecule has 1 saturated heterocycles. The summed E-state index contributed by atoms with van der Waals surface area (Å²) in [5.74, 6) is 0. The summed E-state index contributed by atoms with van der Waals surface area (Å²) in [7, 11) is 0. The zero-order chi connectivity index (χ0) is 7.94. The number of hydrogen-bond donors (Lipinski definition) is 0. The predicted molar refractivity (Wildman–Crippen MR) is 47.7 cm³/mol. The van der Waals surface area contributed by atoms with Crippen LogP contribution in [0, 0.1) is 0 Å². The molecule has 1 aliphatic rings. The van der Waals surface area contributed by atoms with Gasteiger partial charge in [0.05, 0.1) is 6.10 Å². The summed E-state index contributed by atoms with van der Waals surface area (Å²) in [5, 5.41) is 0. The minimum atomic E-state index is 0.607. The van der Waals surface area contributed by atoms with Crippen LogP contribution < -0.4 is 0 Å². The Morgan fingerprint density at radius 3 is 2.82 bits per heavy atom. The highest BCUT2D eigenvalue weighted by Gasteiger charge is 2.12. The highest BCUT2D eigenvalue weighted by molar-refractivity contribution is 4.63. The van der Waals surface area contributed by atoms with Gasteiger partial charge in [-0.2, -0.15) is 0 Å². The molecule has 11 heavy (non-hydrogen) atoms. The van der Waals surface area contributed by atoms with Crippen molar-refractivity contribution in [1.82, 2.24) is 0 Å². The van der Waals surface area contributed by atoms with Crippen LogP contribution in [0.5, 0.6) is 0 Å². The lowest BCUT2D eigenvalue weighted by atomic mass is 10.0. The van der Waals surface area contributed by atoms with Crippen LogP contribution in [0.25, 0.3) is 0 Å². The maximum Gasteiger partial charge on any atom is 0.0575 e. The highest BCUT2D eigenvalue weighted by Crippen LogP contribution is 2.17. The lowest BCUT2D eigenvalue weighted by Gasteiger charge is -2.22. The van der Waals surface area contributed by atoms with Crippen LogP contribution in [-0.2, 0) is 4.74 Å².